The van der Waals surface area contributed by atoms with Crippen molar-refractivity contribution in [3.8, 4) is 0 Å². The summed E-state index contributed by atoms with van der Waals surface area (Å²) in [5.41, 5.74) is 5.65. The third-order valence-corrected chi connectivity index (χ3v) is 5.38. The van der Waals surface area contributed by atoms with Gasteiger partial charge < -0.3 is 14.4 Å². The van der Waals surface area contributed by atoms with E-state index >= 15 is 0 Å². The Kier molecular flexibility index (Phi) is 7.06. The molecular weight excluding hydrogens is 372 g/mol. The molecule has 0 radical (unpaired) electrons. The highest BCUT2D eigenvalue weighted by Gasteiger charge is 2.19. The molecule has 1 aromatic heterocycles. The summed E-state index contributed by atoms with van der Waals surface area (Å²) >= 11 is 0. The van der Waals surface area contributed by atoms with Crippen LogP contribution in [0.15, 0.2) is 54.9 Å². The Labute approximate surface area is 180 Å². The second kappa shape index (κ2) is 9.72. The van der Waals surface area contributed by atoms with E-state index in [1.807, 2.05) is 62.6 Å². The molecule has 0 bridgehead atoms. The minimum atomic E-state index is 0.0399. The van der Waals surface area contributed by atoms with Gasteiger partial charge in [0.1, 0.15) is 5.82 Å². The molecule has 1 amide bonds. The van der Waals surface area contributed by atoms with Crippen LogP contribution in [-0.4, -0.2) is 52.4 Å². The summed E-state index contributed by atoms with van der Waals surface area (Å²) in [6, 6.07) is 14.3. The average Bonchev–Trinajstić information content (AvgIpc) is 3.14. The van der Waals surface area contributed by atoms with Crippen molar-refractivity contribution in [1.82, 2.24) is 19.4 Å². The number of likely N-dealkylation sites (N-methyl/N-ethyl adjacent to an activating group) is 1. The number of carbonyl (C=O) groups excluding carboxylic acids is 1. The van der Waals surface area contributed by atoms with Crippen LogP contribution in [0.5, 0.6) is 0 Å². The van der Waals surface area contributed by atoms with Crippen molar-refractivity contribution in [1.29, 1.82) is 0 Å². The smallest absolute Gasteiger partial charge is 0.254 e. The second-order valence-electron chi connectivity index (χ2n) is 8.30. The summed E-state index contributed by atoms with van der Waals surface area (Å²) < 4.78 is 2.15. The van der Waals surface area contributed by atoms with Crippen molar-refractivity contribution >= 4 is 5.91 Å². The van der Waals surface area contributed by atoms with Crippen LogP contribution in [0.2, 0.25) is 0 Å². The number of amides is 1. The first-order valence-corrected chi connectivity index (χ1v) is 10.4. The quantitative estimate of drug-likeness (QED) is 0.569. The Morgan fingerprint density at radius 2 is 1.67 bits per heavy atom. The van der Waals surface area contributed by atoms with E-state index in [9.17, 15) is 4.79 Å². The molecule has 158 valence electrons. The lowest BCUT2D eigenvalue weighted by Crippen LogP contribution is -2.37. The molecule has 3 rings (SSSR count). The van der Waals surface area contributed by atoms with Crippen LogP contribution in [0.4, 0.5) is 0 Å². The SMILES string of the molecule is Cc1ccc(C(=O)N(CCN(C)C)Cc2nccn2Cc2cc(C)ccc2C)cc1. The van der Waals surface area contributed by atoms with Crippen LogP contribution in [0.25, 0.3) is 0 Å². The summed E-state index contributed by atoms with van der Waals surface area (Å²) in [5.74, 6) is 0.938. The lowest BCUT2D eigenvalue weighted by atomic mass is 10.1. The first kappa shape index (κ1) is 21.8. The van der Waals surface area contributed by atoms with Crippen LogP contribution >= 0.6 is 0 Å². The van der Waals surface area contributed by atoms with E-state index in [0.717, 1.165) is 24.5 Å². The van der Waals surface area contributed by atoms with E-state index in [1.165, 1.54) is 16.7 Å². The van der Waals surface area contributed by atoms with Crippen molar-refractivity contribution in [3.63, 3.8) is 0 Å². The molecule has 2 aromatic carbocycles. The number of rotatable bonds is 8. The number of hydrogen-bond donors (Lipinski definition) is 0. The largest absolute Gasteiger partial charge is 0.330 e. The van der Waals surface area contributed by atoms with Gasteiger partial charge in [-0.15, -0.1) is 0 Å². The summed E-state index contributed by atoms with van der Waals surface area (Å²) in [4.78, 5) is 21.8. The fourth-order valence-electron chi connectivity index (χ4n) is 3.41. The van der Waals surface area contributed by atoms with Crippen molar-refractivity contribution in [3.05, 3.63) is 88.5 Å². The lowest BCUT2D eigenvalue weighted by molar-refractivity contribution is 0.0726. The number of hydrogen-bond acceptors (Lipinski definition) is 3. The Morgan fingerprint density at radius 3 is 2.37 bits per heavy atom. The summed E-state index contributed by atoms with van der Waals surface area (Å²) in [7, 11) is 4.05. The molecule has 0 spiro atoms. The summed E-state index contributed by atoms with van der Waals surface area (Å²) in [6.07, 6.45) is 3.82. The van der Waals surface area contributed by atoms with Gasteiger partial charge in [0, 0.05) is 37.6 Å². The molecule has 5 heteroatoms. The van der Waals surface area contributed by atoms with Crippen LogP contribution in [0, 0.1) is 20.8 Å². The fraction of sp³-hybridized carbons (Fsp3) is 0.360. The van der Waals surface area contributed by atoms with Gasteiger partial charge >= 0.3 is 0 Å². The average molecular weight is 405 g/mol. The number of aryl methyl sites for hydroxylation is 3. The van der Waals surface area contributed by atoms with Crippen molar-refractivity contribution in [2.75, 3.05) is 27.2 Å². The Balaban J connectivity index is 1.82. The van der Waals surface area contributed by atoms with Gasteiger partial charge in [0.2, 0.25) is 0 Å². The molecule has 30 heavy (non-hydrogen) atoms. The van der Waals surface area contributed by atoms with Gasteiger partial charge in [-0.1, -0.05) is 41.5 Å². The molecule has 0 fully saturated rings. The third kappa shape index (κ3) is 5.57. The highest BCUT2D eigenvalue weighted by Crippen LogP contribution is 2.15. The maximum absolute atomic E-state index is 13.2. The van der Waals surface area contributed by atoms with E-state index in [1.54, 1.807) is 0 Å². The molecular formula is C25H32N4O. The highest BCUT2D eigenvalue weighted by atomic mass is 16.2. The standard InChI is InChI=1S/C25H32N4O/c1-19-7-10-22(11-8-19)25(30)29(15-14-27(4)5)18-24-26-12-13-28(24)17-23-16-20(2)6-9-21(23)3/h6-13,16H,14-15,17-18H2,1-5H3. The molecule has 0 aliphatic heterocycles. The van der Waals surface area contributed by atoms with Gasteiger partial charge in [-0.2, -0.15) is 0 Å². The monoisotopic (exact) mass is 404 g/mol. The highest BCUT2D eigenvalue weighted by molar-refractivity contribution is 5.94. The van der Waals surface area contributed by atoms with Crippen molar-refractivity contribution in [2.45, 2.75) is 33.9 Å². The molecule has 1 heterocycles. The van der Waals surface area contributed by atoms with E-state index in [4.69, 9.17) is 0 Å². The molecule has 0 aliphatic rings. The van der Waals surface area contributed by atoms with Gasteiger partial charge in [-0.3, -0.25) is 4.79 Å². The number of carbonyl (C=O) groups is 1. The number of nitrogens with zero attached hydrogens (tertiary/aromatic N) is 4. The summed E-state index contributed by atoms with van der Waals surface area (Å²) in [5, 5.41) is 0. The van der Waals surface area contributed by atoms with E-state index in [2.05, 4.69) is 46.5 Å². The molecule has 0 N–H and O–H groups in total. The van der Waals surface area contributed by atoms with E-state index in [0.29, 0.717) is 18.7 Å². The maximum Gasteiger partial charge on any atom is 0.254 e. The Bertz CT molecular complexity index is 989. The van der Waals surface area contributed by atoms with Crippen molar-refractivity contribution < 1.29 is 4.79 Å². The molecule has 0 saturated carbocycles. The van der Waals surface area contributed by atoms with Gasteiger partial charge in [0.15, 0.2) is 0 Å². The van der Waals surface area contributed by atoms with Gasteiger partial charge in [0.25, 0.3) is 5.91 Å². The first-order valence-electron chi connectivity index (χ1n) is 10.4. The Morgan fingerprint density at radius 1 is 0.967 bits per heavy atom. The Hall–Kier alpha value is -2.92. The predicted molar refractivity (Wildman–Crippen MR) is 122 cm³/mol. The number of benzene rings is 2. The van der Waals surface area contributed by atoms with E-state index < -0.39 is 0 Å². The van der Waals surface area contributed by atoms with Crippen molar-refractivity contribution in [2.24, 2.45) is 0 Å². The van der Waals surface area contributed by atoms with Crippen LogP contribution in [-0.2, 0) is 13.1 Å². The second-order valence-corrected chi connectivity index (χ2v) is 8.30. The van der Waals surface area contributed by atoms with Gasteiger partial charge in [-0.05, 0) is 58.1 Å². The van der Waals surface area contributed by atoms with Crippen LogP contribution < -0.4 is 0 Å². The fourth-order valence-corrected chi connectivity index (χ4v) is 3.41. The molecule has 0 atom stereocenters. The van der Waals surface area contributed by atoms with Crippen LogP contribution in [0.3, 0.4) is 0 Å². The predicted octanol–water partition coefficient (Wildman–Crippen LogP) is 4.06. The third-order valence-electron chi connectivity index (χ3n) is 5.38. The van der Waals surface area contributed by atoms with Gasteiger partial charge in [-0.25, -0.2) is 4.98 Å². The minimum absolute atomic E-state index is 0.0399. The zero-order valence-corrected chi connectivity index (χ0v) is 18.7. The molecule has 0 unspecified atom stereocenters. The normalized spacial score (nSPS) is 11.1. The summed E-state index contributed by atoms with van der Waals surface area (Å²) in [6.45, 7) is 8.96. The lowest BCUT2D eigenvalue weighted by Gasteiger charge is -2.25. The molecule has 5 nitrogen and oxygen atoms in total. The zero-order chi connectivity index (χ0) is 21.7. The molecule has 3 aromatic rings. The van der Waals surface area contributed by atoms with Crippen LogP contribution in [0.1, 0.15) is 38.4 Å². The maximum atomic E-state index is 13.2. The molecule has 0 saturated heterocycles. The number of imidazole rings is 1. The number of aromatic nitrogens is 2. The first-order chi connectivity index (χ1) is 14.3. The molecule has 0 aliphatic carbocycles. The topological polar surface area (TPSA) is 41.4 Å². The minimum Gasteiger partial charge on any atom is -0.330 e. The van der Waals surface area contributed by atoms with E-state index in [-0.39, 0.29) is 5.91 Å². The van der Waals surface area contributed by atoms with Gasteiger partial charge in [0.05, 0.1) is 6.54 Å². The zero-order valence-electron chi connectivity index (χ0n) is 18.7.